The molecule has 2 aromatic rings. The Kier molecular flexibility index (Phi) is 3.85. The van der Waals surface area contributed by atoms with Crippen LogP contribution in [0.2, 0.25) is 5.02 Å². The van der Waals surface area contributed by atoms with Crippen LogP contribution in [0.15, 0.2) is 18.2 Å². The summed E-state index contributed by atoms with van der Waals surface area (Å²) in [5.41, 5.74) is 1.68. The van der Waals surface area contributed by atoms with Gasteiger partial charge in [-0.05, 0) is 31.0 Å². The van der Waals surface area contributed by atoms with Gasteiger partial charge in [0.1, 0.15) is 5.82 Å². The molecule has 0 saturated heterocycles. The van der Waals surface area contributed by atoms with E-state index in [4.69, 9.17) is 16.7 Å². The van der Waals surface area contributed by atoms with Gasteiger partial charge in [0.2, 0.25) is 0 Å². The highest BCUT2D eigenvalue weighted by atomic mass is 35.5. The number of nitrogens with zero attached hydrogens (tertiary/aromatic N) is 3. The van der Waals surface area contributed by atoms with E-state index < -0.39 is 5.97 Å². The second-order valence-electron chi connectivity index (χ2n) is 4.27. The molecule has 0 aliphatic heterocycles. The molecule has 1 heterocycles. The first-order chi connectivity index (χ1) is 9.02. The zero-order chi connectivity index (χ0) is 14.0. The molecule has 1 aromatic carbocycles. The van der Waals surface area contributed by atoms with Gasteiger partial charge in [-0.15, -0.1) is 5.10 Å². The van der Waals surface area contributed by atoms with Crippen molar-refractivity contribution in [2.24, 2.45) is 0 Å². The summed E-state index contributed by atoms with van der Waals surface area (Å²) in [4.78, 5) is 15.0. The molecule has 0 spiro atoms. The van der Waals surface area contributed by atoms with Crippen molar-refractivity contribution in [3.05, 3.63) is 40.4 Å². The number of aromatic carboxylic acids is 1. The third kappa shape index (κ3) is 2.76. The topological polar surface area (TPSA) is 68.0 Å². The number of hydrogen-bond donors (Lipinski definition) is 1. The van der Waals surface area contributed by atoms with Gasteiger partial charge in [0.15, 0.2) is 0 Å². The van der Waals surface area contributed by atoms with Crippen LogP contribution in [0.5, 0.6) is 0 Å². The molecule has 2 rings (SSSR count). The maximum Gasteiger partial charge on any atom is 0.375 e. The second kappa shape index (κ2) is 5.40. The van der Waals surface area contributed by atoms with Gasteiger partial charge < -0.3 is 5.11 Å². The molecule has 19 heavy (non-hydrogen) atoms. The van der Waals surface area contributed by atoms with E-state index in [1.54, 1.807) is 6.07 Å². The summed E-state index contributed by atoms with van der Waals surface area (Å²) in [6.07, 6.45) is 1.49. The van der Waals surface area contributed by atoms with Crippen molar-refractivity contribution in [1.82, 2.24) is 14.8 Å². The Bertz CT molecular complexity index is 622. The predicted molar refractivity (Wildman–Crippen MR) is 72.1 cm³/mol. The maximum absolute atomic E-state index is 11.0. The molecule has 6 heteroatoms. The van der Waals surface area contributed by atoms with Crippen molar-refractivity contribution in [2.45, 2.75) is 26.7 Å². The Balaban J connectivity index is 2.59. The highest BCUT2D eigenvalue weighted by Gasteiger charge is 2.17. The van der Waals surface area contributed by atoms with Crippen LogP contribution in [-0.4, -0.2) is 25.8 Å². The summed E-state index contributed by atoms with van der Waals surface area (Å²) in [6.45, 7) is 3.94. The van der Waals surface area contributed by atoms with Gasteiger partial charge in [0.05, 0.1) is 10.7 Å². The lowest BCUT2D eigenvalue weighted by Crippen LogP contribution is -2.05. The van der Waals surface area contributed by atoms with E-state index in [1.807, 2.05) is 26.0 Å². The molecule has 0 saturated carbocycles. The number of carbonyl (C=O) groups is 1. The second-order valence-corrected chi connectivity index (χ2v) is 4.68. The van der Waals surface area contributed by atoms with Gasteiger partial charge in [-0.2, -0.15) is 0 Å². The van der Waals surface area contributed by atoms with Crippen LogP contribution in [0.3, 0.4) is 0 Å². The molecule has 0 aliphatic rings. The Morgan fingerprint density at radius 3 is 2.84 bits per heavy atom. The zero-order valence-electron chi connectivity index (χ0n) is 10.7. The summed E-state index contributed by atoms with van der Waals surface area (Å²) in [6, 6.07) is 5.52. The molecule has 0 fully saturated rings. The van der Waals surface area contributed by atoms with Crippen LogP contribution in [0.1, 0.15) is 35.4 Å². The van der Waals surface area contributed by atoms with Crippen molar-refractivity contribution >= 4 is 17.6 Å². The van der Waals surface area contributed by atoms with E-state index >= 15 is 0 Å². The molecule has 5 nitrogen and oxygen atoms in total. The minimum absolute atomic E-state index is 0.207. The lowest BCUT2D eigenvalue weighted by atomic mass is 10.2. The van der Waals surface area contributed by atoms with Crippen molar-refractivity contribution in [3.63, 3.8) is 0 Å². The third-order valence-electron chi connectivity index (χ3n) is 2.67. The lowest BCUT2D eigenvalue weighted by Gasteiger charge is -2.08. The zero-order valence-corrected chi connectivity index (χ0v) is 11.5. The van der Waals surface area contributed by atoms with Crippen molar-refractivity contribution in [3.8, 4) is 5.69 Å². The quantitative estimate of drug-likeness (QED) is 0.934. The van der Waals surface area contributed by atoms with E-state index in [2.05, 4.69) is 10.1 Å². The number of halogens is 1. The molecular weight excluding hydrogens is 266 g/mol. The van der Waals surface area contributed by atoms with Crippen molar-refractivity contribution < 1.29 is 9.90 Å². The Morgan fingerprint density at radius 1 is 1.47 bits per heavy atom. The summed E-state index contributed by atoms with van der Waals surface area (Å²) < 4.78 is 1.52. The van der Waals surface area contributed by atoms with E-state index in [-0.39, 0.29) is 5.82 Å². The largest absolute Gasteiger partial charge is 0.475 e. The molecule has 100 valence electrons. The summed E-state index contributed by atoms with van der Waals surface area (Å²) in [7, 11) is 0. The first-order valence-corrected chi connectivity index (χ1v) is 6.36. The molecule has 1 aromatic heterocycles. The minimum Gasteiger partial charge on any atom is -0.475 e. The Morgan fingerprint density at radius 2 is 2.21 bits per heavy atom. The van der Waals surface area contributed by atoms with Crippen LogP contribution >= 0.6 is 11.6 Å². The molecule has 0 bridgehead atoms. The number of hydrogen-bond acceptors (Lipinski definition) is 3. The number of aromatic nitrogens is 3. The maximum atomic E-state index is 11.0. The monoisotopic (exact) mass is 279 g/mol. The van der Waals surface area contributed by atoms with Gasteiger partial charge in [0.25, 0.3) is 5.82 Å². The van der Waals surface area contributed by atoms with E-state index in [1.165, 1.54) is 4.68 Å². The summed E-state index contributed by atoms with van der Waals surface area (Å²) in [5.74, 6) is -0.742. The molecule has 0 aliphatic carbocycles. The fourth-order valence-corrected chi connectivity index (χ4v) is 2.00. The van der Waals surface area contributed by atoms with Gasteiger partial charge in [-0.3, -0.25) is 0 Å². The highest BCUT2D eigenvalue weighted by molar-refractivity contribution is 6.32. The minimum atomic E-state index is -1.14. The average Bonchev–Trinajstić information content (AvgIpc) is 2.77. The van der Waals surface area contributed by atoms with Gasteiger partial charge in [-0.25, -0.2) is 14.5 Å². The molecule has 0 radical (unpaired) electrons. The highest BCUT2D eigenvalue weighted by Crippen LogP contribution is 2.22. The summed E-state index contributed by atoms with van der Waals surface area (Å²) in [5, 5.41) is 13.5. The van der Waals surface area contributed by atoms with Crippen LogP contribution in [0, 0.1) is 6.92 Å². The molecule has 0 unspecified atom stereocenters. The van der Waals surface area contributed by atoms with Crippen molar-refractivity contribution in [1.29, 1.82) is 0 Å². The third-order valence-corrected chi connectivity index (χ3v) is 2.99. The fourth-order valence-electron chi connectivity index (χ4n) is 1.80. The number of rotatable bonds is 4. The van der Waals surface area contributed by atoms with Crippen LogP contribution in [-0.2, 0) is 6.42 Å². The van der Waals surface area contributed by atoms with Crippen molar-refractivity contribution in [2.75, 3.05) is 0 Å². The number of aryl methyl sites for hydroxylation is 2. The van der Waals surface area contributed by atoms with Gasteiger partial charge in [0, 0.05) is 6.42 Å². The Labute approximate surface area is 115 Å². The van der Waals surface area contributed by atoms with Gasteiger partial charge >= 0.3 is 5.97 Å². The van der Waals surface area contributed by atoms with E-state index in [0.717, 1.165) is 12.0 Å². The number of carboxylic acid groups (broad SMARTS) is 1. The number of carboxylic acids is 1. The van der Waals surface area contributed by atoms with Crippen LogP contribution in [0.4, 0.5) is 0 Å². The summed E-state index contributed by atoms with van der Waals surface area (Å²) >= 11 is 6.16. The molecule has 0 amide bonds. The van der Waals surface area contributed by atoms with Crippen LogP contribution in [0.25, 0.3) is 5.69 Å². The van der Waals surface area contributed by atoms with E-state index in [9.17, 15) is 4.79 Å². The molecular formula is C13H14ClN3O2. The number of benzene rings is 1. The SMILES string of the molecule is CCCc1nc(C(=O)O)nn1-c1cc(C)ccc1Cl. The fraction of sp³-hybridized carbons (Fsp3) is 0.308. The van der Waals surface area contributed by atoms with E-state index in [0.29, 0.717) is 23.0 Å². The first-order valence-electron chi connectivity index (χ1n) is 5.98. The van der Waals surface area contributed by atoms with Crippen LogP contribution < -0.4 is 0 Å². The normalized spacial score (nSPS) is 10.7. The molecule has 1 N–H and O–H groups in total. The smallest absolute Gasteiger partial charge is 0.375 e. The van der Waals surface area contributed by atoms with Gasteiger partial charge in [-0.1, -0.05) is 24.6 Å². The first kappa shape index (κ1) is 13.5. The lowest BCUT2D eigenvalue weighted by molar-refractivity contribution is 0.0683. The predicted octanol–water partition coefficient (Wildman–Crippen LogP) is 2.88. The molecule has 0 atom stereocenters. The standard InChI is InChI=1S/C13H14ClN3O2/c1-3-4-11-15-12(13(18)19)16-17(11)10-7-8(2)5-6-9(10)14/h5-7H,3-4H2,1-2H3,(H,18,19). The average molecular weight is 280 g/mol. The Hall–Kier alpha value is -1.88.